The van der Waals surface area contributed by atoms with Crippen LogP contribution in [0.3, 0.4) is 0 Å². The van der Waals surface area contributed by atoms with Gasteiger partial charge in [0.1, 0.15) is 12.0 Å². The van der Waals surface area contributed by atoms with E-state index in [4.69, 9.17) is 9.47 Å². The number of halogens is 2. The zero-order valence-corrected chi connectivity index (χ0v) is 16.4. The Morgan fingerprint density at radius 2 is 2.10 bits per heavy atom. The number of benzene rings is 1. The minimum Gasteiger partial charge on any atom is -0.493 e. The fourth-order valence-corrected chi connectivity index (χ4v) is 3.63. The van der Waals surface area contributed by atoms with Crippen LogP contribution in [0.4, 0.5) is 8.78 Å². The standard InChI is InChI=1S/C20H21F2N5O3/c1-29-16-6-2-3-7-17(16)30-11-18(28)26-8-4-5-13(10-26)14-9-15(19(21)22)27-20(25-14)23-12-24-27/h2-3,6-7,9,12-13,19H,4-5,8,10-11H2,1H3/t13-/m0/s1. The number of aromatic nitrogens is 4. The van der Waals surface area contributed by atoms with E-state index in [9.17, 15) is 13.6 Å². The Balaban J connectivity index is 1.47. The molecular weight excluding hydrogens is 396 g/mol. The molecule has 0 aliphatic carbocycles. The third-order valence-electron chi connectivity index (χ3n) is 5.14. The van der Waals surface area contributed by atoms with Crippen LogP contribution in [0, 0.1) is 0 Å². The SMILES string of the molecule is COc1ccccc1OCC(=O)N1CCC[C@H](c2cc(C(F)F)n3ncnc3n2)C1. The quantitative estimate of drug-likeness (QED) is 0.614. The van der Waals surface area contributed by atoms with E-state index in [1.165, 1.54) is 19.5 Å². The highest BCUT2D eigenvalue weighted by molar-refractivity contribution is 5.78. The summed E-state index contributed by atoms with van der Waals surface area (Å²) in [5.41, 5.74) is 0.240. The summed E-state index contributed by atoms with van der Waals surface area (Å²) < 4.78 is 38.8. The van der Waals surface area contributed by atoms with Crippen molar-refractivity contribution in [3.8, 4) is 11.5 Å². The molecule has 0 bridgehead atoms. The van der Waals surface area contributed by atoms with Gasteiger partial charge in [0.15, 0.2) is 18.1 Å². The van der Waals surface area contributed by atoms with Crippen LogP contribution in [-0.2, 0) is 4.79 Å². The van der Waals surface area contributed by atoms with Crippen LogP contribution >= 0.6 is 0 Å². The lowest BCUT2D eigenvalue weighted by atomic mass is 9.94. The molecule has 1 aliphatic rings. The van der Waals surface area contributed by atoms with Gasteiger partial charge >= 0.3 is 0 Å². The highest BCUT2D eigenvalue weighted by Gasteiger charge is 2.28. The summed E-state index contributed by atoms with van der Waals surface area (Å²) in [6, 6.07) is 8.45. The van der Waals surface area contributed by atoms with E-state index in [2.05, 4.69) is 15.1 Å². The monoisotopic (exact) mass is 417 g/mol. The summed E-state index contributed by atoms with van der Waals surface area (Å²) in [7, 11) is 1.53. The molecule has 8 nitrogen and oxygen atoms in total. The number of nitrogens with zero attached hydrogens (tertiary/aromatic N) is 5. The van der Waals surface area contributed by atoms with Gasteiger partial charge in [-0.3, -0.25) is 4.79 Å². The van der Waals surface area contributed by atoms with E-state index >= 15 is 0 Å². The number of piperidine rings is 1. The lowest BCUT2D eigenvalue weighted by molar-refractivity contribution is -0.134. The first-order chi connectivity index (χ1) is 14.6. The van der Waals surface area contributed by atoms with E-state index in [0.717, 1.165) is 17.4 Å². The zero-order chi connectivity index (χ0) is 21.1. The minimum absolute atomic E-state index is 0.130. The molecule has 4 rings (SSSR count). The molecule has 0 unspecified atom stereocenters. The van der Waals surface area contributed by atoms with Crippen molar-refractivity contribution in [1.29, 1.82) is 0 Å². The molecule has 1 aliphatic heterocycles. The summed E-state index contributed by atoms with van der Waals surface area (Å²) >= 11 is 0. The molecule has 30 heavy (non-hydrogen) atoms. The van der Waals surface area contributed by atoms with Gasteiger partial charge in [-0.1, -0.05) is 12.1 Å². The number of likely N-dealkylation sites (tertiary alicyclic amines) is 1. The smallest absolute Gasteiger partial charge is 0.280 e. The molecule has 10 heteroatoms. The second kappa shape index (κ2) is 8.60. The van der Waals surface area contributed by atoms with Crippen molar-refractivity contribution in [3.05, 3.63) is 48.0 Å². The van der Waals surface area contributed by atoms with Crippen molar-refractivity contribution in [2.24, 2.45) is 0 Å². The van der Waals surface area contributed by atoms with Gasteiger partial charge in [-0.2, -0.15) is 14.6 Å². The van der Waals surface area contributed by atoms with Crippen LogP contribution in [0.2, 0.25) is 0 Å². The second-order valence-electron chi connectivity index (χ2n) is 7.00. The molecule has 1 saturated heterocycles. The van der Waals surface area contributed by atoms with Gasteiger partial charge in [0, 0.05) is 19.0 Å². The van der Waals surface area contributed by atoms with Gasteiger partial charge in [0.05, 0.1) is 12.8 Å². The molecule has 0 saturated carbocycles. The molecular formula is C20H21F2N5O3. The summed E-state index contributed by atoms with van der Waals surface area (Å²) in [6.07, 6.45) is -0.0122. The molecule has 158 valence electrons. The topological polar surface area (TPSA) is 81.9 Å². The molecule has 1 fully saturated rings. The van der Waals surface area contributed by atoms with Gasteiger partial charge < -0.3 is 14.4 Å². The van der Waals surface area contributed by atoms with Crippen LogP contribution < -0.4 is 9.47 Å². The zero-order valence-electron chi connectivity index (χ0n) is 16.4. The van der Waals surface area contributed by atoms with E-state index in [0.29, 0.717) is 30.3 Å². The van der Waals surface area contributed by atoms with E-state index in [-0.39, 0.29) is 29.9 Å². The van der Waals surface area contributed by atoms with Gasteiger partial charge in [0.2, 0.25) is 0 Å². The second-order valence-corrected chi connectivity index (χ2v) is 7.00. The first-order valence-electron chi connectivity index (χ1n) is 9.59. The molecule has 2 aromatic heterocycles. The number of amides is 1. The Morgan fingerprint density at radius 1 is 1.30 bits per heavy atom. The van der Waals surface area contributed by atoms with E-state index in [1.54, 1.807) is 23.1 Å². The molecule has 3 aromatic rings. The van der Waals surface area contributed by atoms with E-state index in [1.807, 2.05) is 6.07 Å². The minimum atomic E-state index is -2.70. The average Bonchev–Trinajstić information content (AvgIpc) is 3.25. The van der Waals surface area contributed by atoms with Gasteiger partial charge in [-0.15, -0.1) is 0 Å². The predicted molar refractivity (Wildman–Crippen MR) is 103 cm³/mol. The van der Waals surface area contributed by atoms with Crippen molar-refractivity contribution in [3.63, 3.8) is 0 Å². The number of hydrogen-bond acceptors (Lipinski definition) is 6. The van der Waals surface area contributed by atoms with Crippen LogP contribution in [0.15, 0.2) is 36.7 Å². The average molecular weight is 417 g/mol. The first-order valence-corrected chi connectivity index (χ1v) is 9.59. The highest BCUT2D eigenvalue weighted by Crippen LogP contribution is 2.30. The van der Waals surface area contributed by atoms with Crippen molar-refractivity contribution >= 4 is 11.7 Å². The number of ether oxygens (including phenoxy) is 2. The molecule has 1 atom stereocenters. The Kier molecular flexibility index (Phi) is 5.73. The largest absolute Gasteiger partial charge is 0.493 e. The fourth-order valence-electron chi connectivity index (χ4n) is 3.63. The Morgan fingerprint density at radius 3 is 2.87 bits per heavy atom. The number of carbonyl (C=O) groups is 1. The van der Waals surface area contributed by atoms with Gasteiger partial charge in [-0.05, 0) is 31.0 Å². The van der Waals surface area contributed by atoms with Crippen LogP contribution in [0.1, 0.15) is 36.6 Å². The Labute approximate surface area is 171 Å². The lowest BCUT2D eigenvalue weighted by Gasteiger charge is -2.32. The maximum Gasteiger partial charge on any atom is 0.280 e. The molecule has 0 N–H and O–H groups in total. The third-order valence-corrected chi connectivity index (χ3v) is 5.14. The third kappa shape index (κ3) is 4.03. The van der Waals surface area contributed by atoms with Crippen molar-refractivity contribution in [1.82, 2.24) is 24.5 Å². The molecule has 1 aromatic carbocycles. The number of carbonyl (C=O) groups excluding carboxylic acids is 1. The van der Waals surface area contributed by atoms with Crippen LogP contribution in [0.25, 0.3) is 5.78 Å². The Bertz CT molecular complexity index is 1040. The van der Waals surface area contributed by atoms with E-state index < -0.39 is 6.43 Å². The number of hydrogen-bond donors (Lipinski definition) is 0. The maximum atomic E-state index is 13.4. The van der Waals surface area contributed by atoms with Gasteiger partial charge in [0.25, 0.3) is 18.1 Å². The predicted octanol–water partition coefficient (Wildman–Crippen LogP) is 2.86. The molecule has 1 amide bonds. The fraction of sp³-hybridized carbons (Fsp3) is 0.400. The number of para-hydroxylation sites is 2. The van der Waals surface area contributed by atoms with Crippen molar-refractivity contribution in [2.45, 2.75) is 25.2 Å². The molecule has 0 spiro atoms. The number of methoxy groups -OCH3 is 1. The van der Waals surface area contributed by atoms with Crippen LogP contribution in [-0.4, -0.2) is 57.2 Å². The van der Waals surface area contributed by atoms with Crippen LogP contribution in [0.5, 0.6) is 11.5 Å². The molecule has 0 radical (unpaired) electrons. The van der Waals surface area contributed by atoms with Crippen molar-refractivity contribution < 1.29 is 23.0 Å². The normalized spacial score (nSPS) is 16.8. The van der Waals surface area contributed by atoms with Gasteiger partial charge in [-0.25, -0.2) is 13.8 Å². The summed E-state index contributed by atoms with van der Waals surface area (Å²) in [5.74, 6) is 0.830. The maximum absolute atomic E-state index is 13.4. The Hall–Kier alpha value is -3.30. The first kappa shape index (κ1) is 20.0. The summed E-state index contributed by atoms with van der Waals surface area (Å²) in [5, 5.41) is 3.81. The number of alkyl halides is 2. The summed E-state index contributed by atoms with van der Waals surface area (Å²) in [4.78, 5) is 22.7. The molecule has 3 heterocycles. The lowest BCUT2D eigenvalue weighted by Crippen LogP contribution is -2.41. The number of rotatable bonds is 6. The number of fused-ring (bicyclic) bond motifs is 1. The summed E-state index contributed by atoms with van der Waals surface area (Å²) in [6.45, 7) is 0.833. The van der Waals surface area contributed by atoms with Crippen molar-refractivity contribution in [2.75, 3.05) is 26.8 Å². The highest BCUT2D eigenvalue weighted by atomic mass is 19.3.